The predicted octanol–water partition coefficient (Wildman–Crippen LogP) is 2.79. The van der Waals surface area contributed by atoms with Gasteiger partial charge in [-0.05, 0) is 46.1 Å². The summed E-state index contributed by atoms with van der Waals surface area (Å²) < 4.78 is 16.5. The molecule has 1 heterocycles. The minimum absolute atomic E-state index is 0.394. The van der Waals surface area contributed by atoms with E-state index < -0.39 is 11.9 Å². The first-order chi connectivity index (χ1) is 9.80. The van der Waals surface area contributed by atoms with Crippen LogP contribution in [0, 0.1) is 0 Å². The zero-order chi connectivity index (χ0) is 15.6. The van der Waals surface area contributed by atoms with Gasteiger partial charge in [0.2, 0.25) is 6.29 Å². The van der Waals surface area contributed by atoms with Crippen LogP contribution in [0.2, 0.25) is 0 Å². The van der Waals surface area contributed by atoms with Crippen molar-refractivity contribution < 1.29 is 19.0 Å². The minimum Gasteiger partial charge on any atom is -0.497 e. The summed E-state index contributed by atoms with van der Waals surface area (Å²) in [4.78, 5) is 2.01. The van der Waals surface area contributed by atoms with Crippen molar-refractivity contribution in [2.45, 2.75) is 25.7 Å². The quantitative estimate of drug-likeness (QED) is 0.830. The lowest BCUT2D eigenvalue weighted by Crippen LogP contribution is -2.38. The van der Waals surface area contributed by atoms with Crippen LogP contribution in [0.3, 0.4) is 0 Å². The molecule has 0 spiro atoms. The van der Waals surface area contributed by atoms with Crippen LogP contribution in [0.4, 0.5) is 0 Å². The van der Waals surface area contributed by atoms with Crippen LogP contribution in [0.1, 0.15) is 25.9 Å². The van der Waals surface area contributed by atoms with E-state index >= 15 is 0 Å². The Morgan fingerprint density at radius 3 is 2.62 bits per heavy atom. The van der Waals surface area contributed by atoms with Crippen LogP contribution < -0.4 is 4.74 Å². The molecule has 1 aromatic carbocycles. The molecule has 1 unspecified atom stereocenters. The number of likely N-dealkylation sites (N-methyl/N-ethyl adjacent to an activating group) is 1. The maximum atomic E-state index is 10.2. The van der Waals surface area contributed by atoms with E-state index in [9.17, 15) is 5.11 Å². The third-order valence-corrected chi connectivity index (χ3v) is 3.12. The van der Waals surface area contributed by atoms with E-state index in [1.807, 2.05) is 45.0 Å². The summed E-state index contributed by atoms with van der Waals surface area (Å²) in [6.07, 6.45) is -1.10. The highest BCUT2D eigenvalue weighted by Gasteiger charge is 2.26. The molecule has 0 saturated carbocycles. The summed E-state index contributed by atoms with van der Waals surface area (Å²) in [6.45, 7) is 4.56. The molecule has 0 fully saturated rings. The van der Waals surface area contributed by atoms with Gasteiger partial charge in [-0.25, -0.2) is 0 Å². The average molecular weight is 293 g/mol. The molecule has 0 aliphatic heterocycles. The first-order valence-corrected chi connectivity index (χ1v) is 6.89. The normalized spacial score (nSPS) is 13.9. The second-order valence-corrected chi connectivity index (χ2v) is 6.02. The van der Waals surface area contributed by atoms with Crippen molar-refractivity contribution in [2.24, 2.45) is 0 Å². The van der Waals surface area contributed by atoms with E-state index in [1.165, 1.54) is 0 Å². The molecule has 0 radical (unpaired) electrons. The largest absolute Gasteiger partial charge is 0.497 e. The molecule has 1 atom stereocenters. The molecule has 116 valence electrons. The zero-order valence-corrected chi connectivity index (χ0v) is 13.2. The van der Waals surface area contributed by atoms with Gasteiger partial charge in [0.25, 0.3) is 0 Å². The minimum atomic E-state index is -1.10. The van der Waals surface area contributed by atoms with Crippen molar-refractivity contribution in [1.29, 1.82) is 0 Å². The van der Waals surface area contributed by atoms with Crippen LogP contribution >= 0.6 is 0 Å². The summed E-state index contributed by atoms with van der Waals surface area (Å²) in [5, 5.41) is 11.1. The molecule has 0 aliphatic rings. The highest BCUT2D eigenvalue weighted by atomic mass is 16.6. The predicted molar refractivity (Wildman–Crippen MR) is 81.4 cm³/mol. The Morgan fingerprint density at radius 2 is 2.00 bits per heavy atom. The van der Waals surface area contributed by atoms with E-state index in [0.29, 0.717) is 23.6 Å². The molecule has 5 nitrogen and oxygen atoms in total. The average Bonchev–Trinajstić information content (AvgIpc) is 2.79. The van der Waals surface area contributed by atoms with E-state index in [0.717, 1.165) is 5.39 Å². The number of benzene rings is 1. The molecule has 2 aromatic rings. The summed E-state index contributed by atoms with van der Waals surface area (Å²) in [5.41, 5.74) is 0.178. The SMILES string of the molecule is COc1ccc2cc(C(O)OC(C)(C)CN(C)C)oc2c1. The lowest BCUT2D eigenvalue weighted by atomic mass is 10.1. The molecule has 5 heteroatoms. The molecular formula is C16H23NO4. The molecule has 21 heavy (non-hydrogen) atoms. The van der Waals surface area contributed by atoms with Crippen molar-refractivity contribution in [2.75, 3.05) is 27.7 Å². The Balaban J connectivity index is 2.17. The first kappa shape index (κ1) is 15.8. The van der Waals surface area contributed by atoms with Crippen LogP contribution in [0.15, 0.2) is 28.7 Å². The Bertz CT molecular complexity index is 603. The standard InChI is InChI=1S/C16H23NO4/c1-16(2,10-17(3)4)21-15(18)14-8-11-6-7-12(19-5)9-13(11)20-14/h6-9,15,18H,10H2,1-5H3. The Kier molecular flexibility index (Phi) is 4.56. The van der Waals surface area contributed by atoms with E-state index in [2.05, 4.69) is 0 Å². The van der Waals surface area contributed by atoms with Crippen molar-refractivity contribution in [3.63, 3.8) is 0 Å². The third kappa shape index (κ3) is 3.97. The van der Waals surface area contributed by atoms with Crippen LogP contribution in [0.25, 0.3) is 11.0 Å². The number of aliphatic hydroxyl groups is 1. The molecular weight excluding hydrogens is 270 g/mol. The van der Waals surface area contributed by atoms with Gasteiger partial charge in [0.05, 0.1) is 12.7 Å². The van der Waals surface area contributed by atoms with Crippen LogP contribution in [0.5, 0.6) is 5.75 Å². The number of aliphatic hydroxyl groups excluding tert-OH is 1. The molecule has 0 bridgehead atoms. The summed E-state index contributed by atoms with van der Waals surface area (Å²) in [5.74, 6) is 1.11. The second kappa shape index (κ2) is 6.05. The summed E-state index contributed by atoms with van der Waals surface area (Å²) >= 11 is 0. The van der Waals surface area contributed by atoms with E-state index in [-0.39, 0.29) is 0 Å². The Morgan fingerprint density at radius 1 is 1.29 bits per heavy atom. The number of furan rings is 1. The fourth-order valence-electron chi connectivity index (χ4n) is 2.44. The zero-order valence-electron chi connectivity index (χ0n) is 13.2. The monoisotopic (exact) mass is 293 g/mol. The molecule has 1 aromatic heterocycles. The molecule has 0 amide bonds. The number of fused-ring (bicyclic) bond motifs is 1. The van der Waals surface area contributed by atoms with Gasteiger partial charge >= 0.3 is 0 Å². The van der Waals surface area contributed by atoms with Crippen LogP contribution in [-0.2, 0) is 4.74 Å². The Labute approximate surface area is 125 Å². The molecule has 0 aliphatic carbocycles. The lowest BCUT2D eigenvalue weighted by Gasteiger charge is -2.30. The van der Waals surface area contributed by atoms with Crippen molar-refractivity contribution in [3.8, 4) is 5.75 Å². The number of hydrogen-bond donors (Lipinski definition) is 1. The van der Waals surface area contributed by atoms with Crippen molar-refractivity contribution in [3.05, 3.63) is 30.0 Å². The van der Waals surface area contributed by atoms with Crippen LogP contribution in [-0.4, -0.2) is 43.4 Å². The molecule has 0 saturated heterocycles. The number of methoxy groups -OCH3 is 1. The number of ether oxygens (including phenoxy) is 2. The number of nitrogens with zero attached hydrogens (tertiary/aromatic N) is 1. The fraction of sp³-hybridized carbons (Fsp3) is 0.500. The number of rotatable bonds is 6. The van der Waals surface area contributed by atoms with Gasteiger partial charge in [0.15, 0.2) is 5.76 Å². The fourth-order valence-corrected chi connectivity index (χ4v) is 2.44. The van der Waals surface area contributed by atoms with Gasteiger partial charge in [-0.2, -0.15) is 0 Å². The maximum absolute atomic E-state index is 10.2. The highest BCUT2D eigenvalue weighted by molar-refractivity contribution is 5.79. The van der Waals surface area contributed by atoms with Gasteiger partial charge < -0.3 is 23.9 Å². The lowest BCUT2D eigenvalue weighted by molar-refractivity contribution is -0.188. The first-order valence-electron chi connectivity index (χ1n) is 6.89. The van der Waals surface area contributed by atoms with Gasteiger partial charge in [0, 0.05) is 18.0 Å². The maximum Gasteiger partial charge on any atom is 0.215 e. The van der Waals surface area contributed by atoms with Crippen molar-refractivity contribution >= 4 is 11.0 Å². The highest BCUT2D eigenvalue weighted by Crippen LogP contribution is 2.29. The topological polar surface area (TPSA) is 55.1 Å². The third-order valence-electron chi connectivity index (χ3n) is 3.12. The molecule has 1 N–H and O–H groups in total. The Hall–Kier alpha value is -1.56. The van der Waals surface area contributed by atoms with Gasteiger partial charge in [-0.15, -0.1) is 0 Å². The second-order valence-electron chi connectivity index (χ2n) is 6.02. The van der Waals surface area contributed by atoms with Gasteiger partial charge in [-0.1, -0.05) is 0 Å². The van der Waals surface area contributed by atoms with Crippen molar-refractivity contribution in [1.82, 2.24) is 4.90 Å². The van der Waals surface area contributed by atoms with Gasteiger partial charge in [0.1, 0.15) is 11.3 Å². The van der Waals surface area contributed by atoms with E-state index in [4.69, 9.17) is 13.9 Å². The number of hydrogen-bond acceptors (Lipinski definition) is 5. The van der Waals surface area contributed by atoms with Gasteiger partial charge in [-0.3, -0.25) is 0 Å². The van der Waals surface area contributed by atoms with E-state index in [1.54, 1.807) is 19.2 Å². The smallest absolute Gasteiger partial charge is 0.215 e. The summed E-state index contributed by atoms with van der Waals surface area (Å²) in [7, 11) is 5.53. The summed E-state index contributed by atoms with van der Waals surface area (Å²) in [6, 6.07) is 7.31. The molecule has 2 rings (SSSR count).